The summed E-state index contributed by atoms with van der Waals surface area (Å²) in [5, 5.41) is 0. The first-order valence-corrected chi connectivity index (χ1v) is 6.78. The lowest BCUT2D eigenvalue weighted by atomic mass is 10.1. The number of nitrogens with zero attached hydrogens (tertiary/aromatic N) is 1. The van der Waals surface area contributed by atoms with Crippen molar-refractivity contribution in [1.82, 2.24) is 0 Å². The van der Waals surface area contributed by atoms with Gasteiger partial charge in [0.25, 0.3) is 0 Å². The van der Waals surface area contributed by atoms with Gasteiger partial charge in [0.2, 0.25) is 0 Å². The Bertz CT molecular complexity index is 581. The van der Waals surface area contributed by atoms with Crippen LogP contribution in [-0.2, 0) is 6.54 Å². The van der Waals surface area contributed by atoms with Crippen LogP contribution in [0, 0.1) is 12.7 Å². The summed E-state index contributed by atoms with van der Waals surface area (Å²) in [6, 6.07) is 11.4. The number of hydrogen-bond acceptors (Lipinski definition) is 2. The Morgan fingerprint density at radius 3 is 2.47 bits per heavy atom. The second-order valence-corrected chi connectivity index (χ2v) is 5.52. The number of benzene rings is 2. The molecule has 2 N–H and O–H groups in total. The standard InChI is InChI=1S/C15H16BrFN2/c1-10-3-5-11(6-4-10)9-19(2)15-7-12(16)13(17)8-14(15)18/h3-8H,9,18H2,1-2H3. The topological polar surface area (TPSA) is 29.3 Å². The predicted octanol–water partition coefficient (Wildman–Crippen LogP) is 4.12. The van der Waals surface area contributed by atoms with E-state index in [9.17, 15) is 4.39 Å². The van der Waals surface area contributed by atoms with Gasteiger partial charge in [0.1, 0.15) is 5.82 Å². The van der Waals surface area contributed by atoms with E-state index in [4.69, 9.17) is 5.73 Å². The van der Waals surface area contributed by atoms with Gasteiger partial charge in [0.15, 0.2) is 0 Å². The Balaban J connectivity index is 2.22. The van der Waals surface area contributed by atoms with Crippen LogP contribution in [0.4, 0.5) is 15.8 Å². The summed E-state index contributed by atoms with van der Waals surface area (Å²) < 4.78 is 13.8. The van der Waals surface area contributed by atoms with Gasteiger partial charge < -0.3 is 10.6 Å². The van der Waals surface area contributed by atoms with Crippen LogP contribution in [0.5, 0.6) is 0 Å². The van der Waals surface area contributed by atoms with E-state index in [1.54, 1.807) is 6.07 Å². The summed E-state index contributed by atoms with van der Waals surface area (Å²) in [4.78, 5) is 2.00. The molecule has 0 saturated carbocycles. The number of aryl methyl sites for hydroxylation is 1. The number of nitrogen functional groups attached to an aromatic ring is 1. The van der Waals surface area contributed by atoms with E-state index < -0.39 is 0 Å². The Morgan fingerprint density at radius 1 is 1.21 bits per heavy atom. The maximum absolute atomic E-state index is 13.3. The first-order chi connectivity index (χ1) is 8.97. The maximum atomic E-state index is 13.3. The van der Waals surface area contributed by atoms with Gasteiger partial charge in [-0.25, -0.2) is 4.39 Å². The Kier molecular flexibility index (Phi) is 4.10. The summed E-state index contributed by atoms with van der Waals surface area (Å²) in [5.74, 6) is -0.343. The molecule has 0 aromatic heterocycles. The molecule has 2 rings (SSSR count). The normalized spacial score (nSPS) is 10.5. The fourth-order valence-corrected chi connectivity index (χ4v) is 2.27. The van der Waals surface area contributed by atoms with Gasteiger partial charge in [0, 0.05) is 19.7 Å². The van der Waals surface area contributed by atoms with Gasteiger partial charge >= 0.3 is 0 Å². The number of halogens is 2. The fraction of sp³-hybridized carbons (Fsp3) is 0.200. The molecule has 2 aromatic carbocycles. The molecule has 0 spiro atoms. The van der Waals surface area contributed by atoms with E-state index in [0.29, 0.717) is 10.2 Å². The van der Waals surface area contributed by atoms with Crippen molar-refractivity contribution < 1.29 is 4.39 Å². The molecule has 0 fully saturated rings. The molecule has 0 heterocycles. The average Bonchev–Trinajstić information content (AvgIpc) is 2.36. The largest absolute Gasteiger partial charge is 0.397 e. The van der Waals surface area contributed by atoms with E-state index in [1.165, 1.54) is 17.2 Å². The number of anilines is 2. The van der Waals surface area contributed by atoms with Gasteiger partial charge in [-0.05, 0) is 34.5 Å². The van der Waals surface area contributed by atoms with Gasteiger partial charge in [-0.2, -0.15) is 0 Å². The highest BCUT2D eigenvalue weighted by molar-refractivity contribution is 9.10. The summed E-state index contributed by atoms with van der Waals surface area (Å²) >= 11 is 3.19. The summed E-state index contributed by atoms with van der Waals surface area (Å²) in [7, 11) is 1.94. The zero-order valence-electron chi connectivity index (χ0n) is 11.0. The maximum Gasteiger partial charge on any atom is 0.139 e. The molecule has 0 atom stereocenters. The molecule has 2 aromatic rings. The zero-order valence-corrected chi connectivity index (χ0v) is 12.5. The van der Waals surface area contributed by atoms with Crippen molar-refractivity contribution in [3.05, 3.63) is 57.8 Å². The molecule has 0 aliphatic carbocycles. The molecule has 0 bridgehead atoms. The van der Waals surface area contributed by atoms with Crippen LogP contribution in [0.15, 0.2) is 40.9 Å². The van der Waals surface area contributed by atoms with E-state index in [1.807, 2.05) is 11.9 Å². The van der Waals surface area contributed by atoms with Crippen molar-refractivity contribution >= 4 is 27.3 Å². The smallest absolute Gasteiger partial charge is 0.139 e. The molecular weight excluding hydrogens is 307 g/mol. The van der Waals surface area contributed by atoms with Crippen molar-refractivity contribution in [1.29, 1.82) is 0 Å². The van der Waals surface area contributed by atoms with Gasteiger partial charge in [0.05, 0.1) is 15.8 Å². The highest BCUT2D eigenvalue weighted by atomic mass is 79.9. The monoisotopic (exact) mass is 322 g/mol. The summed E-state index contributed by atoms with van der Waals surface area (Å²) in [6.45, 7) is 2.78. The molecule has 0 aliphatic heterocycles. The Labute approximate surface area is 121 Å². The minimum atomic E-state index is -0.343. The van der Waals surface area contributed by atoms with Crippen molar-refractivity contribution in [3.8, 4) is 0 Å². The Hall–Kier alpha value is -1.55. The van der Waals surface area contributed by atoms with E-state index in [0.717, 1.165) is 12.2 Å². The minimum Gasteiger partial charge on any atom is -0.397 e. The Morgan fingerprint density at radius 2 is 1.84 bits per heavy atom. The second kappa shape index (κ2) is 5.61. The van der Waals surface area contributed by atoms with Crippen LogP contribution in [0.2, 0.25) is 0 Å². The average molecular weight is 323 g/mol. The third-order valence-electron chi connectivity index (χ3n) is 3.02. The predicted molar refractivity (Wildman–Crippen MR) is 81.8 cm³/mol. The number of nitrogens with two attached hydrogens (primary N) is 1. The highest BCUT2D eigenvalue weighted by Gasteiger charge is 2.10. The molecule has 0 aliphatic rings. The van der Waals surface area contributed by atoms with E-state index >= 15 is 0 Å². The van der Waals surface area contributed by atoms with Crippen LogP contribution in [0.3, 0.4) is 0 Å². The number of hydrogen-bond donors (Lipinski definition) is 1. The first-order valence-electron chi connectivity index (χ1n) is 5.98. The third kappa shape index (κ3) is 3.26. The zero-order chi connectivity index (χ0) is 14.0. The molecule has 0 saturated heterocycles. The molecule has 2 nitrogen and oxygen atoms in total. The molecule has 19 heavy (non-hydrogen) atoms. The summed E-state index contributed by atoms with van der Waals surface area (Å²) in [6.07, 6.45) is 0. The molecule has 0 amide bonds. The van der Waals surface area contributed by atoms with Crippen molar-refractivity contribution in [2.24, 2.45) is 0 Å². The highest BCUT2D eigenvalue weighted by Crippen LogP contribution is 2.29. The van der Waals surface area contributed by atoms with Crippen LogP contribution in [0.25, 0.3) is 0 Å². The number of rotatable bonds is 3. The van der Waals surface area contributed by atoms with Gasteiger partial charge in [-0.15, -0.1) is 0 Å². The third-order valence-corrected chi connectivity index (χ3v) is 3.63. The van der Waals surface area contributed by atoms with Crippen molar-refractivity contribution in [3.63, 3.8) is 0 Å². The van der Waals surface area contributed by atoms with Crippen molar-refractivity contribution in [2.75, 3.05) is 17.7 Å². The van der Waals surface area contributed by atoms with Gasteiger partial charge in [-0.1, -0.05) is 29.8 Å². The molecule has 4 heteroatoms. The minimum absolute atomic E-state index is 0.343. The fourth-order valence-electron chi connectivity index (χ4n) is 1.93. The molecule has 100 valence electrons. The van der Waals surface area contributed by atoms with E-state index in [2.05, 4.69) is 47.1 Å². The van der Waals surface area contributed by atoms with Crippen LogP contribution < -0.4 is 10.6 Å². The SMILES string of the molecule is Cc1ccc(CN(C)c2cc(Br)c(F)cc2N)cc1. The van der Waals surface area contributed by atoms with E-state index in [-0.39, 0.29) is 5.82 Å². The first kappa shape index (κ1) is 13.9. The van der Waals surface area contributed by atoms with Gasteiger partial charge in [-0.3, -0.25) is 0 Å². The summed E-state index contributed by atoms with van der Waals surface area (Å²) in [5.41, 5.74) is 9.54. The lowest BCUT2D eigenvalue weighted by Gasteiger charge is -2.21. The second-order valence-electron chi connectivity index (χ2n) is 4.67. The van der Waals surface area contributed by atoms with Crippen LogP contribution in [-0.4, -0.2) is 7.05 Å². The van der Waals surface area contributed by atoms with Crippen LogP contribution >= 0.6 is 15.9 Å². The van der Waals surface area contributed by atoms with Crippen LogP contribution in [0.1, 0.15) is 11.1 Å². The molecule has 0 radical (unpaired) electrons. The lowest BCUT2D eigenvalue weighted by Crippen LogP contribution is -2.18. The lowest BCUT2D eigenvalue weighted by molar-refractivity contribution is 0.621. The molecular formula is C15H16BrFN2. The quantitative estimate of drug-likeness (QED) is 0.861. The van der Waals surface area contributed by atoms with Crippen molar-refractivity contribution in [2.45, 2.75) is 13.5 Å². The molecule has 0 unspecified atom stereocenters.